The van der Waals surface area contributed by atoms with Gasteiger partial charge in [-0.15, -0.1) is 0 Å². The molecule has 2 aromatic rings. The average Bonchev–Trinajstić information content (AvgIpc) is 2.80. The Kier molecular flexibility index (Phi) is 5.89. The van der Waals surface area contributed by atoms with Gasteiger partial charge >= 0.3 is 6.03 Å². The molecule has 1 aliphatic carbocycles. The van der Waals surface area contributed by atoms with E-state index in [1.54, 1.807) is 11.6 Å². The van der Waals surface area contributed by atoms with Crippen LogP contribution in [0.5, 0.6) is 0 Å². The second-order valence-corrected chi connectivity index (χ2v) is 8.89. The van der Waals surface area contributed by atoms with Gasteiger partial charge in [-0.25, -0.2) is 22.9 Å². The SMILES string of the molecule is [2H]c1c([2H])c(S(=O)(=O)NC(=O)NC2CCCCC2)c([2H])c([2H])c1CCNC(=O)c1cnc(C)cn1. The molecule has 1 saturated carbocycles. The van der Waals surface area contributed by atoms with Gasteiger partial charge < -0.3 is 10.6 Å². The van der Waals surface area contributed by atoms with Gasteiger partial charge in [-0.05, 0) is 43.8 Å². The number of sulfonamides is 1. The minimum atomic E-state index is -4.67. The molecule has 3 rings (SSSR count). The van der Waals surface area contributed by atoms with Crippen LogP contribution in [0.1, 0.15) is 59.3 Å². The van der Waals surface area contributed by atoms with E-state index >= 15 is 0 Å². The summed E-state index contributed by atoms with van der Waals surface area (Å²) in [6.07, 6.45) is 7.02. The molecule has 10 heteroatoms. The van der Waals surface area contributed by atoms with Crippen LogP contribution in [0.3, 0.4) is 0 Å². The second kappa shape index (κ2) is 10.3. The quantitative estimate of drug-likeness (QED) is 0.593. The summed E-state index contributed by atoms with van der Waals surface area (Å²) in [6.45, 7) is 1.68. The maximum atomic E-state index is 12.8. The first kappa shape index (κ1) is 17.6. The van der Waals surface area contributed by atoms with Gasteiger partial charge in [0.05, 0.1) is 22.3 Å². The Labute approximate surface area is 187 Å². The van der Waals surface area contributed by atoms with E-state index in [1.165, 1.54) is 12.4 Å². The fourth-order valence-corrected chi connectivity index (χ4v) is 3.90. The number of hydrogen-bond acceptors (Lipinski definition) is 6. The van der Waals surface area contributed by atoms with Crippen LogP contribution in [0.15, 0.2) is 41.5 Å². The van der Waals surface area contributed by atoms with Crippen LogP contribution in [0, 0.1) is 6.92 Å². The highest BCUT2D eigenvalue weighted by atomic mass is 32.2. The summed E-state index contributed by atoms with van der Waals surface area (Å²) in [5.74, 6) is -0.528. The molecular weight excluding hydrogens is 418 g/mol. The summed E-state index contributed by atoms with van der Waals surface area (Å²) in [5.41, 5.74) is 0.649. The van der Waals surface area contributed by atoms with Crippen molar-refractivity contribution in [2.24, 2.45) is 0 Å². The zero-order chi connectivity index (χ0) is 25.8. The molecule has 1 heterocycles. The second-order valence-electron chi connectivity index (χ2n) is 7.27. The van der Waals surface area contributed by atoms with Crippen molar-refractivity contribution >= 4 is 22.0 Å². The molecule has 1 aromatic heterocycles. The summed E-state index contributed by atoms with van der Waals surface area (Å²) < 4.78 is 60.1. The average molecular weight is 450 g/mol. The third-order valence-electron chi connectivity index (χ3n) is 4.76. The van der Waals surface area contributed by atoms with Crippen LogP contribution in [0.4, 0.5) is 4.79 Å². The topological polar surface area (TPSA) is 130 Å². The van der Waals surface area contributed by atoms with E-state index in [0.717, 1.165) is 32.1 Å². The molecule has 1 fully saturated rings. The van der Waals surface area contributed by atoms with E-state index in [0.29, 0.717) is 5.69 Å². The standard InChI is InChI=1S/C21H27N5O4S/c1-15-13-24-19(14-23-15)20(27)22-12-11-16-7-9-18(10-8-16)31(29,30)26-21(28)25-17-5-3-2-4-6-17/h7-10,13-14,17H,2-6,11-12H2,1H3,(H,22,27)(H2,25,26,28)/i7D,8D,9D,10D. The zero-order valence-corrected chi connectivity index (χ0v) is 17.9. The fourth-order valence-electron chi connectivity index (χ4n) is 3.12. The predicted molar refractivity (Wildman–Crippen MR) is 115 cm³/mol. The molecule has 166 valence electrons. The normalized spacial score (nSPS) is 16.4. The lowest BCUT2D eigenvalue weighted by molar-refractivity contribution is 0.0948. The molecule has 31 heavy (non-hydrogen) atoms. The van der Waals surface area contributed by atoms with Crippen LogP contribution >= 0.6 is 0 Å². The van der Waals surface area contributed by atoms with Crippen molar-refractivity contribution < 1.29 is 23.5 Å². The number of amides is 3. The number of aryl methyl sites for hydroxylation is 1. The molecule has 1 aliphatic rings. The van der Waals surface area contributed by atoms with Crippen LogP contribution in [0.2, 0.25) is 0 Å². The number of nitrogens with zero attached hydrogens (tertiary/aromatic N) is 2. The molecule has 3 N–H and O–H groups in total. The lowest BCUT2D eigenvalue weighted by Gasteiger charge is -2.22. The summed E-state index contributed by atoms with van der Waals surface area (Å²) in [7, 11) is -4.67. The number of nitrogens with one attached hydrogen (secondary N) is 3. The van der Waals surface area contributed by atoms with Gasteiger partial charge in [-0.3, -0.25) is 9.78 Å². The number of carbonyl (C=O) groups is 2. The predicted octanol–water partition coefficient (Wildman–Crippen LogP) is 2.08. The number of hydrogen-bond donors (Lipinski definition) is 3. The van der Waals surface area contributed by atoms with Gasteiger partial charge in [0, 0.05) is 18.8 Å². The van der Waals surface area contributed by atoms with Crippen molar-refractivity contribution in [3.63, 3.8) is 0 Å². The van der Waals surface area contributed by atoms with Gasteiger partial charge in [0.15, 0.2) is 0 Å². The Bertz CT molecular complexity index is 1190. The monoisotopic (exact) mass is 449 g/mol. The van der Waals surface area contributed by atoms with Gasteiger partial charge in [0.1, 0.15) is 5.69 Å². The molecule has 0 aliphatic heterocycles. The highest BCUT2D eigenvalue weighted by Crippen LogP contribution is 2.17. The highest BCUT2D eigenvalue weighted by Gasteiger charge is 2.21. The van der Waals surface area contributed by atoms with Crippen molar-refractivity contribution in [2.45, 2.75) is 56.4 Å². The molecule has 9 nitrogen and oxygen atoms in total. The molecule has 0 radical (unpaired) electrons. The maximum Gasteiger partial charge on any atom is 0.328 e. The van der Waals surface area contributed by atoms with Gasteiger partial charge in [-0.2, -0.15) is 0 Å². The summed E-state index contributed by atoms with van der Waals surface area (Å²) >= 11 is 0. The van der Waals surface area contributed by atoms with Crippen molar-refractivity contribution in [1.82, 2.24) is 25.3 Å². The molecule has 0 saturated heterocycles. The smallest absolute Gasteiger partial charge is 0.328 e. The number of carbonyl (C=O) groups excluding carboxylic acids is 2. The minimum absolute atomic E-state index is 0.0425. The van der Waals surface area contributed by atoms with E-state index < -0.39 is 51.0 Å². The van der Waals surface area contributed by atoms with E-state index in [9.17, 15) is 18.0 Å². The zero-order valence-electron chi connectivity index (χ0n) is 21.1. The van der Waals surface area contributed by atoms with E-state index in [4.69, 9.17) is 5.48 Å². The molecule has 0 spiro atoms. The molecule has 0 unspecified atom stereocenters. The van der Waals surface area contributed by atoms with Crippen LogP contribution in [-0.2, 0) is 16.4 Å². The van der Waals surface area contributed by atoms with Crippen molar-refractivity contribution in [3.8, 4) is 0 Å². The van der Waals surface area contributed by atoms with Crippen molar-refractivity contribution in [2.75, 3.05) is 6.54 Å². The van der Waals surface area contributed by atoms with Gasteiger partial charge in [-0.1, -0.05) is 31.3 Å². The highest BCUT2D eigenvalue weighted by molar-refractivity contribution is 7.90. The van der Waals surface area contributed by atoms with E-state index in [-0.39, 0.29) is 30.3 Å². The maximum absolute atomic E-state index is 12.8. The largest absolute Gasteiger partial charge is 0.350 e. The van der Waals surface area contributed by atoms with E-state index in [2.05, 4.69) is 20.6 Å². The molecule has 1 aromatic carbocycles. The van der Waals surface area contributed by atoms with Crippen molar-refractivity contribution in [1.29, 1.82) is 0 Å². The minimum Gasteiger partial charge on any atom is -0.350 e. The van der Waals surface area contributed by atoms with Gasteiger partial charge in [0.2, 0.25) is 0 Å². The fraction of sp³-hybridized carbons (Fsp3) is 0.429. The Morgan fingerprint density at radius 3 is 2.45 bits per heavy atom. The van der Waals surface area contributed by atoms with Gasteiger partial charge in [0.25, 0.3) is 15.9 Å². The third-order valence-corrected chi connectivity index (χ3v) is 5.96. The lowest BCUT2D eigenvalue weighted by atomic mass is 9.96. The molecular formula is C21H27N5O4S. The number of rotatable bonds is 7. The van der Waals surface area contributed by atoms with Crippen molar-refractivity contribution in [3.05, 3.63) is 53.5 Å². The molecule has 0 atom stereocenters. The van der Waals surface area contributed by atoms with Crippen LogP contribution in [-0.4, -0.2) is 42.9 Å². The summed E-state index contributed by atoms with van der Waals surface area (Å²) in [4.78, 5) is 31.4. The van der Waals surface area contributed by atoms with Crippen LogP contribution < -0.4 is 15.4 Å². The molecule has 3 amide bonds. The lowest BCUT2D eigenvalue weighted by Crippen LogP contribution is -2.45. The summed E-state index contributed by atoms with van der Waals surface area (Å²) in [5, 5.41) is 5.14. The first-order chi connectivity index (χ1) is 16.5. The summed E-state index contributed by atoms with van der Waals surface area (Å²) in [6, 6.07) is -3.86. The molecule has 0 bridgehead atoms. The number of benzene rings is 1. The number of aromatic nitrogens is 2. The Morgan fingerprint density at radius 1 is 1.10 bits per heavy atom. The van der Waals surface area contributed by atoms with E-state index in [1.807, 2.05) is 0 Å². The number of urea groups is 1. The third kappa shape index (κ3) is 6.74. The first-order valence-corrected chi connectivity index (χ1v) is 11.5. The Balaban J connectivity index is 1.73. The van der Waals surface area contributed by atoms with Crippen LogP contribution in [0.25, 0.3) is 0 Å². The Hall–Kier alpha value is -3.01. The first-order valence-electron chi connectivity index (χ1n) is 12.0. The Morgan fingerprint density at radius 2 is 1.81 bits per heavy atom.